The zero-order valence-electron chi connectivity index (χ0n) is 19.7. The topological polar surface area (TPSA) is 86.6 Å². The van der Waals surface area contributed by atoms with E-state index in [1.165, 1.54) is 11.5 Å². The van der Waals surface area contributed by atoms with Crippen molar-refractivity contribution in [2.45, 2.75) is 58.2 Å². The number of hydrogen-bond donors (Lipinski definition) is 1. The number of hydrogen-bond acceptors (Lipinski definition) is 7. The maximum Gasteiger partial charge on any atom is 0.236 e. The van der Waals surface area contributed by atoms with Crippen LogP contribution in [0.2, 0.25) is 0 Å². The van der Waals surface area contributed by atoms with Crippen molar-refractivity contribution in [2.24, 2.45) is 0 Å². The van der Waals surface area contributed by atoms with Gasteiger partial charge in [0, 0.05) is 35.8 Å². The minimum Gasteiger partial charge on any atom is -0.507 e. The van der Waals surface area contributed by atoms with Crippen LogP contribution >= 0.6 is 11.5 Å². The normalized spacial score (nSPS) is 24.7. The van der Waals surface area contributed by atoms with Crippen molar-refractivity contribution in [3.05, 3.63) is 58.6 Å². The highest BCUT2D eigenvalue weighted by atomic mass is 32.2. The van der Waals surface area contributed by atoms with E-state index in [-0.39, 0.29) is 17.5 Å². The van der Waals surface area contributed by atoms with Crippen molar-refractivity contribution in [3.8, 4) is 17.0 Å². The summed E-state index contributed by atoms with van der Waals surface area (Å²) in [6.45, 7) is 7.61. The first-order valence-electron chi connectivity index (χ1n) is 11.6. The van der Waals surface area contributed by atoms with E-state index < -0.39 is 15.6 Å². The lowest BCUT2D eigenvalue weighted by Gasteiger charge is -2.47. The zero-order valence-corrected chi connectivity index (χ0v) is 21.4. The Kier molecular flexibility index (Phi) is 5.90. The van der Waals surface area contributed by atoms with Crippen LogP contribution in [0.25, 0.3) is 11.3 Å². The van der Waals surface area contributed by atoms with Gasteiger partial charge in [-0.05, 0) is 87.0 Å². The lowest BCUT2D eigenvalue weighted by atomic mass is 9.81. The summed E-state index contributed by atoms with van der Waals surface area (Å²) in [7, 11) is -3.39. The Morgan fingerprint density at radius 3 is 2.74 bits per heavy atom. The highest BCUT2D eigenvalue weighted by Crippen LogP contribution is 2.45. The summed E-state index contributed by atoms with van der Waals surface area (Å²) >= 11 is 1.39. The summed E-state index contributed by atoms with van der Waals surface area (Å²) in [6.07, 6.45) is 2.16. The Labute approximate surface area is 205 Å². The fourth-order valence-corrected chi connectivity index (χ4v) is 8.21. The van der Waals surface area contributed by atoms with E-state index in [9.17, 15) is 13.5 Å². The van der Waals surface area contributed by atoms with Crippen LogP contribution in [0.4, 0.5) is 5.82 Å². The molecule has 7 nitrogen and oxygen atoms in total. The van der Waals surface area contributed by atoms with E-state index in [0.29, 0.717) is 12.2 Å². The Hall–Kier alpha value is -2.49. The Balaban J connectivity index is 1.38. The van der Waals surface area contributed by atoms with Gasteiger partial charge in [0.2, 0.25) is 10.0 Å². The molecule has 1 aromatic carbocycles. The van der Waals surface area contributed by atoms with E-state index in [4.69, 9.17) is 0 Å². The second-order valence-electron chi connectivity index (χ2n) is 9.66. The second kappa shape index (κ2) is 8.62. The molecule has 0 radical (unpaired) electrons. The largest absolute Gasteiger partial charge is 0.507 e. The smallest absolute Gasteiger partial charge is 0.236 e. The quantitative estimate of drug-likeness (QED) is 0.570. The summed E-state index contributed by atoms with van der Waals surface area (Å²) in [5.74, 6) is 0.949. The molecule has 0 amide bonds. The van der Waals surface area contributed by atoms with Gasteiger partial charge < -0.3 is 5.11 Å². The highest BCUT2D eigenvalue weighted by molar-refractivity contribution is 7.93. The van der Waals surface area contributed by atoms with E-state index in [2.05, 4.69) is 21.2 Å². The lowest BCUT2D eigenvalue weighted by Crippen LogP contribution is -2.56. The van der Waals surface area contributed by atoms with Gasteiger partial charge in [-0.3, -0.25) is 4.90 Å². The van der Waals surface area contributed by atoms with Crippen LogP contribution in [-0.4, -0.2) is 51.7 Å². The van der Waals surface area contributed by atoms with E-state index in [1.54, 1.807) is 10.4 Å². The number of benzene rings is 1. The molecule has 2 aliphatic heterocycles. The monoisotopic (exact) mass is 498 g/mol. The van der Waals surface area contributed by atoms with Crippen molar-refractivity contribution < 1.29 is 13.5 Å². The maximum absolute atomic E-state index is 13.1. The molecule has 0 unspecified atom stereocenters. The minimum atomic E-state index is -3.39. The van der Waals surface area contributed by atoms with Crippen molar-refractivity contribution in [1.29, 1.82) is 0 Å². The van der Waals surface area contributed by atoms with Gasteiger partial charge in [-0.25, -0.2) is 17.7 Å². The molecule has 0 saturated carbocycles. The Morgan fingerprint density at radius 1 is 1.21 bits per heavy atom. The van der Waals surface area contributed by atoms with Crippen molar-refractivity contribution in [2.75, 3.05) is 16.6 Å². The molecule has 1 spiro atoms. The van der Waals surface area contributed by atoms with Gasteiger partial charge in [0.25, 0.3) is 0 Å². The standard InChI is InChI=1S/C25H30N4O3S2/c1-17-16-33-27-24(17)21-13-20(7-8-22(21)30)15-28-11-9-25(14-19(28)3)10-12-34(31,32)29(25)23-6-4-5-18(2)26-23/h4-8,13,16,19,30H,9-12,14-15H2,1-3H3/t19-,25-/m0/s1. The predicted molar refractivity (Wildman–Crippen MR) is 136 cm³/mol. The number of likely N-dealkylation sites (tertiary alicyclic amines) is 1. The lowest BCUT2D eigenvalue weighted by molar-refractivity contribution is 0.102. The van der Waals surface area contributed by atoms with Gasteiger partial charge in [-0.2, -0.15) is 4.37 Å². The molecular weight excluding hydrogens is 468 g/mol. The fraction of sp³-hybridized carbons (Fsp3) is 0.440. The molecule has 9 heteroatoms. The number of rotatable bonds is 4. The number of phenolic OH excluding ortho intramolecular Hbond substituents is 1. The predicted octanol–water partition coefficient (Wildman–Crippen LogP) is 4.49. The van der Waals surface area contributed by atoms with E-state index in [0.717, 1.165) is 54.0 Å². The molecule has 5 rings (SSSR count). The van der Waals surface area contributed by atoms with E-state index in [1.807, 2.05) is 49.6 Å². The molecule has 34 heavy (non-hydrogen) atoms. The summed E-state index contributed by atoms with van der Waals surface area (Å²) in [6, 6.07) is 11.5. The van der Waals surface area contributed by atoms with Gasteiger partial charge in [0.1, 0.15) is 11.6 Å². The maximum atomic E-state index is 13.1. The molecule has 0 aliphatic carbocycles. The van der Waals surface area contributed by atoms with Crippen LogP contribution in [0.1, 0.15) is 43.0 Å². The van der Waals surface area contributed by atoms with Crippen molar-refractivity contribution >= 4 is 27.4 Å². The Morgan fingerprint density at radius 2 is 2.03 bits per heavy atom. The molecule has 2 atom stereocenters. The summed E-state index contributed by atoms with van der Waals surface area (Å²) in [5.41, 5.74) is 4.15. The average molecular weight is 499 g/mol. The first-order valence-corrected chi connectivity index (χ1v) is 14.1. The van der Waals surface area contributed by atoms with Crippen LogP contribution < -0.4 is 4.31 Å². The number of aromatic nitrogens is 2. The van der Waals surface area contributed by atoms with Crippen LogP contribution in [0.15, 0.2) is 41.8 Å². The molecule has 2 aromatic heterocycles. The molecule has 2 fully saturated rings. The number of phenols is 1. The molecule has 0 bridgehead atoms. The summed E-state index contributed by atoms with van der Waals surface area (Å²) < 4.78 is 32.2. The van der Waals surface area contributed by atoms with Gasteiger partial charge >= 0.3 is 0 Å². The number of pyridine rings is 1. The number of sulfonamides is 1. The average Bonchev–Trinajstić information content (AvgIpc) is 3.31. The van der Waals surface area contributed by atoms with Gasteiger partial charge in [-0.1, -0.05) is 12.1 Å². The molecule has 180 valence electrons. The molecule has 2 aliphatic rings. The number of piperidine rings is 1. The van der Waals surface area contributed by atoms with Crippen LogP contribution in [0.3, 0.4) is 0 Å². The van der Waals surface area contributed by atoms with E-state index >= 15 is 0 Å². The van der Waals surface area contributed by atoms with Crippen molar-refractivity contribution in [1.82, 2.24) is 14.3 Å². The molecule has 2 saturated heterocycles. The molecule has 1 N–H and O–H groups in total. The number of nitrogens with zero attached hydrogens (tertiary/aromatic N) is 4. The van der Waals surface area contributed by atoms with Crippen LogP contribution in [-0.2, 0) is 16.6 Å². The van der Waals surface area contributed by atoms with Gasteiger partial charge in [0.15, 0.2) is 0 Å². The first-order chi connectivity index (χ1) is 16.2. The number of aromatic hydroxyl groups is 1. The van der Waals surface area contributed by atoms with Gasteiger partial charge in [0.05, 0.1) is 17.0 Å². The van der Waals surface area contributed by atoms with Crippen LogP contribution in [0.5, 0.6) is 5.75 Å². The van der Waals surface area contributed by atoms with Crippen molar-refractivity contribution in [3.63, 3.8) is 0 Å². The molecular formula is C25H30N4O3S2. The number of aryl methyl sites for hydroxylation is 2. The summed E-state index contributed by atoms with van der Waals surface area (Å²) in [4.78, 5) is 6.97. The fourth-order valence-electron chi connectivity index (χ4n) is 5.49. The molecule has 4 heterocycles. The van der Waals surface area contributed by atoms with Gasteiger partial charge in [-0.15, -0.1) is 0 Å². The number of anilines is 1. The third-order valence-electron chi connectivity index (χ3n) is 7.23. The highest BCUT2D eigenvalue weighted by Gasteiger charge is 2.53. The summed E-state index contributed by atoms with van der Waals surface area (Å²) in [5, 5.41) is 12.4. The minimum absolute atomic E-state index is 0.170. The molecule has 3 aromatic rings. The SMILES string of the molecule is Cc1cccc(N2[C@@]3(CCN(Cc4ccc(O)c(-c5nscc5C)c4)[C@@H](C)C3)CCS2(=O)=O)n1. The van der Waals surface area contributed by atoms with Crippen LogP contribution in [0, 0.1) is 13.8 Å². The third-order valence-corrected chi connectivity index (χ3v) is 9.83. The third kappa shape index (κ3) is 4.10. The zero-order chi connectivity index (χ0) is 24.1. The first kappa shape index (κ1) is 23.3. The second-order valence-corrected chi connectivity index (χ2v) is 12.2. The Bertz CT molecular complexity index is 1320.